The van der Waals surface area contributed by atoms with E-state index in [1.807, 2.05) is 0 Å². The standard InChI is InChI=1S/C7H16N2O3S/c1-4-13(11,12)8-7(2)5-9(3)6-10/h6-8H,4-5H2,1-3H3. The van der Waals surface area contributed by atoms with E-state index in [0.29, 0.717) is 13.0 Å². The van der Waals surface area contributed by atoms with Gasteiger partial charge in [0.05, 0.1) is 5.75 Å². The smallest absolute Gasteiger partial charge is 0.211 e. The van der Waals surface area contributed by atoms with Gasteiger partial charge in [0.25, 0.3) is 0 Å². The Hall–Kier alpha value is -0.620. The molecule has 0 spiro atoms. The average molecular weight is 208 g/mol. The van der Waals surface area contributed by atoms with Crippen molar-refractivity contribution in [2.75, 3.05) is 19.3 Å². The summed E-state index contributed by atoms with van der Waals surface area (Å²) >= 11 is 0. The van der Waals surface area contributed by atoms with Gasteiger partial charge < -0.3 is 4.90 Å². The van der Waals surface area contributed by atoms with Crippen molar-refractivity contribution in [3.8, 4) is 0 Å². The van der Waals surface area contributed by atoms with Crippen molar-refractivity contribution >= 4 is 16.4 Å². The van der Waals surface area contributed by atoms with Crippen LogP contribution in [0.25, 0.3) is 0 Å². The summed E-state index contributed by atoms with van der Waals surface area (Å²) in [6.07, 6.45) is 0.663. The number of sulfonamides is 1. The number of likely N-dealkylation sites (N-methyl/N-ethyl adjacent to an activating group) is 1. The van der Waals surface area contributed by atoms with Crippen LogP contribution < -0.4 is 4.72 Å². The Kier molecular flexibility index (Phi) is 4.94. The minimum Gasteiger partial charge on any atom is -0.347 e. The Labute approximate surface area is 79.2 Å². The highest BCUT2D eigenvalue weighted by Crippen LogP contribution is 1.90. The lowest BCUT2D eigenvalue weighted by Gasteiger charge is -2.17. The van der Waals surface area contributed by atoms with E-state index in [2.05, 4.69) is 4.72 Å². The zero-order valence-electron chi connectivity index (χ0n) is 8.15. The molecule has 5 nitrogen and oxygen atoms in total. The van der Waals surface area contributed by atoms with Crippen molar-refractivity contribution in [3.05, 3.63) is 0 Å². The number of rotatable bonds is 6. The van der Waals surface area contributed by atoms with Crippen molar-refractivity contribution in [1.82, 2.24) is 9.62 Å². The highest BCUT2D eigenvalue weighted by molar-refractivity contribution is 7.89. The second-order valence-electron chi connectivity index (χ2n) is 2.97. The summed E-state index contributed by atoms with van der Waals surface area (Å²) in [5, 5.41) is 0. The third kappa shape index (κ3) is 5.59. The molecule has 0 heterocycles. The number of hydrogen-bond donors (Lipinski definition) is 1. The quantitative estimate of drug-likeness (QED) is 0.593. The summed E-state index contributed by atoms with van der Waals surface area (Å²) < 4.78 is 24.6. The van der Waals surface area contributed by atoms with Crippen molar-refractivity contribution in [1.29, 1.82) is 0 Å². The first-order chi connectivity index (χ1) is 5.91. The summed E-state index contributed by atoms with van der Waals surface area (Å²) in [5.74, 6) is 0.0577. The molecule has 0 fully saturated rings. The monoisotopic (exact) mass is 208 g/mol. The van der Waals surface area contributed by atoms with E-state index in [1.54, 1.807) is 20.9 Å². The molecule has 0 aliphatic carbocycles. The number of nitrogens with one attached hydrogen (secondary N) is 1. The van der Waals surface area contributed by atoms with Crippen molar-refractivity contribution in [2.45, 2.75) is 19.9 Å². The largest absolute Gasteiger partial charge is 0.347 e. The molecule has 13 heavy (non-hydrogen) atoms. The van der Waals surface area contributed by atoms with Gasteiger partial charge in [-0.1, -0.05) is 0 Å². The summed E-state index contributed by atoms with van der Waals surface area (Å²) in [4.78, 5) is 11.6. The van der Waals surface area contributed by atoms with Crippen LogP contribution in [0.5, 0.6) is 0 Å². The molecule has 0 bridgehead atoms. The Morgan fingerprint density at radius 2 is 2.08 bits per heavy atom. The highest BCUT2D eigenvalue weighted by Gasteiger charge is 2.12. The molecule has 0 aromatic carbocycles. The molecular weight excluding hydrogens is 192 g/mol. The summed E-state index contributed by atoms with van der Waals surface area (Å²) in [5.41, 5.74) is 0. The van der Waals surface area contributed by atoms with Crippen molar-refractivity contribution < 1.29 is 13.2 Å². The fraction of sp³-hybridized carbons (Fsp3) is 0.857. The zero-order valence-corrected chi connectivity index (χ0v) is 8.97. The molecule has 0 saturated heterocycles. The maximum atomic E-state index is 11.1. The number of nitrogens with zero attached hydrogens (tertiary/aromatic N) is 1. The van der Waals surface area contributed by atoms with Gasteiger partial charge in [-0.3, -0.25) is 4.79 Å². The number of carbonyl (C=O) groups is 1. The van der Waals surface area contributed by atoms with Crippen LogP contribution in [0.4, 0.5) is 0 Å². The molecule has 1 amide bonds. The predicted octanol–water partition coefficient (Wildman–Crippen LogP) is -0.598. The third-order valence-electron chi connectivity index (χ3n) is 1.50. The zero-order chi connectivity index (χ0) is 10.5. The third-order valence-corrected chi connectivity index (χ3v) is 3.02. The Balaban J connectivity index is 4.01. The van der Waals surface area contributed by atoms with E-state index >= 15 is 0 Å². The molecular formula is C7H16N2O3S. The molecule has 6 heteroatoms. The first-order valence-corrected chi connectivity index (χ1v) is 5.72. The molecule has 1 unspecified atom stereocenters. The van der Waals surface area contributed by atoms with Crippen LogP contribution in [-0.4, -0.2) is 45.1 Å². The predicted molar refractivity (Wildman–Crippen MR) is 50.8 cm³/mol. The van der Waals surface area contributed by atoms with Gasteiger partial charge in [0.2, 0.25) is 16.4 Å². The lowest BCUT2D eigenvalue weighted by atomic mass is 10.3. The van der Waals surface area contributed by atoms with E-state index in [0.717, 1.165) is 0 Å². The van der Waals surface area contributed by atoms with Crippen molar-refractivity contribution in [2.24, 2.45) is 0 Å². The highest BCUT2D eigenvalue weighted by atomic mass is 32.2. The van der Waals surface area contributed by atoms with Crippen LogP contribution in [0.2, 0.25) is 0 Å². The van der Waals surface area contributed by atoms with E-state index in [-0.39, 0.29) is 11.8 Å². The van der Waals surface area contributed by atoms with Gasteiger partial charge in [-0.2, -0.15) is 0 Å². The average Bonchev–Trinajstić information content (AvgIpc) is 2.03. The molecule has 0 aromatic heterocycles. The van der Waals surface area contributed by atoms with E-state index in [9.17, 15) is 13.2 Å². The maximum absolute atomic E-state index is 11.1. The molecule has 0 radical (unpaired) electrons. The van der Waals surface area contributed by atoms with Gasteiger partial charge in [0.15, 0.2) is 0 Å². The van der Waals surface area contributed by atoms with Crippen LogP contribution in [0.15, 0.2) is 0 Å². The number of carbonyl (C=O) groups excluding carboxylic acids is 1. The lowest BCUT2D eigenvalue weighted by molar-refractivity contribution is -0.117. The van der Waals surface area contributed by atoms with Crippen molar-refractivity contribution in [3.63, 3.8) is 0 Å². The molecule has 0 rings (SSSR count). The van der Waals surface area contributed by atoms with E-state index < -0.39 is 10.0 Å². The first kappa shape index (κ1) is 12.4. The van der Waals surface area contributed by atoms with Gasteiger partial charge in [-0.15, -0.1) is 0 Å². The summed E-state index contributed by atoms with van der Waals surface area (Å²) in [6, 6.07) is -0.250. The molecule has 78 valence electrons. The Morgan fingerprint density at radius 3 is 2.46 bits per heavy atom. The normalized spacial score (nSPS) is 13.8. The van der Waals surface area contributed by atoms with Crippen LogP contribution in [-0.2, 0) is 14.8 Å². The van der Waals surface area contributed by atoms with Gasteiger partial charge in [0, 0.05) is 19.6 Å². The van der Waals surface area contributed by atoms with Gasteiger partial charge in [-0.05, 0) is 13.8 Å². The minimum atomic E-state index is -3.17. The van der Waals surface area contributed by atoms with Crippen LogP contribution in [0, 0.1) is 0 Å². The molecule has 0 aliphatic rings. The maximum Gasteiger partial charge on any atom is 0.211 e. The Morgan fingerprint density at radius 1 is 1.54 bits per heavy atom. The lowest BCUT2D eigenvalue weighted by Crippen LogP contribution is -2.40. The SMILES string of the molecule is CCS(=O)(=O)NC(C)CN(C)C=O. The van der Waals surface area contributed by atoms with Gasteiger partial charge in [0.1, 0.15) is 0 Å². The van der Waals surface area contributed by atoms with E-state index in [1.165, 1.54) is 4.90 Å². The number of hydrogen-bond acceptors (Lipinski definition) is 3. The molecule has 0 aromatic rings. The second-order valence-corrected chi connectivity index (χ2v) is 5.01. The molecule has 1 atom stereocenters. The first-order valence-electron chi connectivity index (χ1n) is 4.06. The van der Waals surface area contributed by atoms with Gasteiger partial charge >= 0.3 is 0 Å². The fourth-order valence-electron chi connectivity index (χ4n) is 0.902. The summed E-state index contributed by atoms with van der Waals surface area (Å²) in [7, 11) is -1.56. The molecule has 0 saturated carbocycles. The van der Waals surface area contributed by atoms with Crippen LogP contribution >= 0.6 is 0 Å². The summed E-state index contributed by atoms with van der Waals surface area (Å²) in [6.45, 7) is 3.66. The minimum absolute atomic E-state index is 0.0577. The van der Waals surface area contributed by atoms with Crippen LogP contribution in [0.3, 0.4) is 0 Å². The second kappa shape index (κ2) is 5.18. The fourth-order valence-corrected chi connectivity index (χ4v) is 1.76. The molecule has 1 N–H and O–H groups in total. The topological polar surface area (TPSA) is 66.5 Å². The Bertz CT molecular complexity index is 250. The number of amides is 1. The van der Waals surface area contributed by atoms with Gasteiger partial charge in [-0.25, -0.2) is 13.1 Å². The molecule has 0 aliphatic heterocycles. The van der Waals surface area contributed by atoms with E-state index in [4.69, 9.17) is 0 Å². The van der Waals surface area contributed by atoms with Crippen LogP contribution in [0.1, 0.15) is 13.8 Å².